The summed E-state index contributed by atoms with van der Waals surface area (Å²) in [6, 6.07) is -1.28. The third-order valence-electron chi connectivity index (χ3n) is 3.40. The van der Waals surface area contributed by atoms with Crippen molar-refractivity contribution in [2.45, 2.75) is 18.2 Å². The molecule has 0 saturated carbocycles. The zero-order chi connectivity index (χ0) is 14.4. The number of nitrogen functional groups attached to an aromatic ring is 1. The van der Waals surface area contributed by atoms with Gasteiger partial charge in [0.15, 0.2) is 11.5 Å². The average molecular weight is 283 g/mol. The van der Waals surface area contributed by atoms with Crippen LogP contribution in [0.4, 0.5) is 14.6 Å². The zero-order valence-electron chi connectivity index (χ0n) is 10.1. The van der Waals surface area contributed by atoms with E-state index in [0.717, 1.165) is 0 Å². The maximum Gasteiger partial charge on any atom is 0.166 e. The van der Waals surface area contributed by atoms with Crippen LogP contribution in [0.25, 0.3) is 11.2 Å². The van der Waals surface area contributed by atoms with Crippen LogP contribution in [0.2, 0.25) is 0 Å². The molecule has 0 aromatic carbocycles. The van der Waals surface area contributed by atoms with E-state index in [9.17, 15) is 19.0 Å². The molecule has 7 nitrogen and oxygen atoms in total. The van der Waals surface area contributed by atoms with E-state index in [0.29, 0.717) is 0 Å². The quantitative estimate of drug-likeness (QED) is 0.708. The van der Waals surface area contributed by atoms with Crippen LogP contribution in [0, 0.1) is 0 Å². The highest BCUT2D eigenvalue weighted by atomic mass is 19.1. The number of aliphatic hydroxyl groups excluding tert-OH is 2. The Bertz CT molecular complexity index is 701. The minimum absolute atomic E-state index is 0.108. The van der Waals surface area contributed by atoms with E-state index >= 15 is 0 Å². The summed E-state index contributed by atoms with van der Waals surface area (Å²) >= 11 is 0. The number of aliphatic hydroxyl groups is 2. The molecule has 9 heteroatoms. The Balaban J connectivity index is 2.17. The van der Waals surface area contributed by atoms with Crippen LogP contribution in [0.15, 0.2) is 24.1 Å². The largest absolute Gasteiger partial charge is 0.387 e. The first-order valence-corrected chi connectivity index (χ1v) is 5.79. The monoisotopic (exact) mass is 283 g/mol. The van der Waals surface area contributed by atoms with E-state index in [2.05, 4.69) is 15.0 Å². The lowest BCUT2D eigenvalue weighted by Crippen LogP contribution is -2.30. The molecule has 0 spiro atoms. The summed E-state index contributed by atoms with van der Waals surface area (Å²) < 4.78 is 28.1. The van der Waals surface area contributed by atoms with Gasteiger partial charge in [0, 0.05) is 5.57 Å². The van der Waals surface area contributed by atoms with Gasteiger partial charge in [-0.05, 0) is 0 Å². The number of hydrogen-bond acceptors (Lipinski definition) is 6. The van der Waals surface area contributed by atoms with Gasteiger partial charge < -0.3 is 20.5 Å². The van der Waals surface area contributed by atoms with Gasteiger partial charge in [0.2, 0.25) is 0 Å². The highest BCUT2D eigenvalue weighted by molar-refractivity contribution is 5.81. The smallest absolute Gasteiger partial charge is 0.166 e. The van der Waals surface area contributed by atoms with Crippen LogP contribution in [-0.4, -0.2) is 48.6 Å². The van der Waals surface area contributed by atoms with E-state index in [4.69, 9.17) is 5.73 Å². The second-order valence-electron chi connectivity index (χ2n) is 4.47. The Hall–Kier alpha value is -2.13. The van der Waals surface area contributed by atoms with Crippen LogP contribution in [0.5, 0.6) is 0 Å². The van der Waals surface area contributed by atoms with Crippen molar-refractivity contribution in [3.63, 3.8) is 0 Å². The third-order valence-corrected chi connectivity index (χ3v) is 3.40. The maximum absolute atomic E-state index is 14.1. The lowest BCUT2D eigenvalue weighted by atomic mass is 10.1. The van der Waals surface area contributed by atoms with Gasteiger partial charge >= 0.3 is 0 Å². The molecular formula is C11H11F2N5O2. The van der Waals surface area contributed by atoms with Gasteiger partial charge in [-0.25, -0.2) is 23.7 Å². The summed E-state index contributed by atoms with van der Waals surface area (Å²) in [6.07, 6.45) is -0.724. The number of nitrogens with zero attached hydrogens (tertiary/aromatic N) is 4. The molecule has 1 aliphatic rings. The molecule has 0 amide bonds. The molecule has 3 rings (SSSR count). The van der Waals surface area contributed by atoms with Crippen LogP contribution >= 0.6 is 0 Å². The fraction of sp³-hybridized carbons (Fsp3) is 0.364. The maximum atomic E-state index is 14.1. The zero-order valence-corrected chi connectivity index (χ0v) is 10.1. The third kappa shape index (κ3) is 1.60. The molecule has 0 saturated heterocycles. The molecular weight excluding hydrogens is 272 g/mol. The van der Waals surface area contributed by atoms with Gasteiger partial charge in [0.1, 0.15) is 42.6 Å². The number of halogens is 2. The highest BCUT2D eigenvalue weighted by Crippen LogP contribution is 2.38. The Morgan fingerprint density at radius 2 is 2.05 bits per heavy atom. The van der Waals surface area contributed by atoms with E-state index < -0.39 is 36.3 Å². The van der Waals surface area contributed by atoms with Crippen molar-refractivity contribution >= 4 is 17.0 Å². The van der Waals surface area contributed by atoms with Crippen LogP contribution in [0.3, 0.4) is 0 Å². The molecule has 20 heavy (non-hydrogen) atoms. The van der Waals surface area contributed by atoms with E-state index in [1.54, 1.807) is 0 Å². The summed E-state index contributed by atoms with van der Waals surface area (Å²) in [4.78, 5) is 11.6. The molecule has 106 valence electrons. The van der Waals surface area contributed by atoms with Crippen LogP contribution in [-0.2, 0) is 0 Å². The summed E-state index contributed by atoms with van der Waals surface area (Å²) in [5.74, 6) is -0.819. The van der Waals surface area contributed by atoms with Crippen molar-refractivity contribution in [1.82, 2.24) is 19.5 Å². The SMILES string of the molecule is Nc1ncnc2c1ncn2[C@@H]1C(F)=C(CF)[C@@H](O)[C@H]1O. The van der Waals surface area contributed by atoms with Crippen molar-refractivity contribution in [2.24, 2.45) is 0 Å². The number of imidazole rings is 1. The normalized spacial score (nSPS) is 26.7. The fourth-order valence-electron chi connectivity index (χ4n) is 2.36. The molecule has 4 N–H and O–H groups in total. The first kappa shape index (κ1) is 12.9. The van der Waals surface area contributed by atoms with Gasteiger partial charge in [-0.2, -0.15) is 0 Å². The summed E-state index contributed by atoms with van der Waals surface area (Å²) in [5, 5.41) is 19.6. The number of rotatable bonds is 2. The minimum atomic E-state index is -1.60. The molecule has 0 fully saturated rings. The molecule has 2 aromatic rings. The van der Waals surface area contributed by atoms with Crippen LogP contribution in [0.1, 0.15) is 6.04 Å². The van der Waals surface area contributed by atoms with Crippen molar-refractivity contribution < 1.29 is 19.0 Å². The average Bonchev–Trinajstić information content (AvgIpc) is 2.92. The first-order valence-electron chi connectivity index (χ1n) is 5.79. The number of anilines is 1. The van der Waals surface area contributed by atoms with Crippen molar-refractivity contribution in [3.8, 4) is 0 Å². The van der Waals surface area contributed by atoms with Gasteiger partial charge in [0.05, 0.1) is 6.33 Å². The van der Waals surface area contributed by atoms with Crippen molar-refractivity contribution in [3.05, 3.63) is 24.1 Å². The molecule has 3 atom stereocenters. The molecule has 1 aliphatic carbocycles. The highest BCUT2D eigenvalue weighted by Gasteiger charge is 2.43. The summed E-state index contributed by atoms with van der Waals surface area (Å²) in [7, 11) is 0. The van der Waals surface area contributed by atoms with Gasteiger partial charge in [-0.3, -0.25) is 0 Å². The standard InChI is InChI=1S/C11H11F2N5O2/c12-1-4-5(13)7(9(20)8(4)19)18-3-17-6-10(14)15-2-16-11(6)18/h2-3,7-9,19-20H,1H2,(H2,14,15,16)/t7-,8-,9+/m1/s1. The molecule has 2 heterocycles. The second-order valence-corrected chi connectivity index (χ2v) is 4.47. The predicted molar refractivity (Wildman–Crippen MR) is 64.9 cm³/mol. The molecule has 0 unspecified atom stereocenters. The fourth-order valence-corrected chi connectivity index (χ4v) is 2.36. The number of alkyl halides is 1. The number of aromatic nitrogens is 4. The Morgan fingerprint density at radius 1 is 1.30 bits per heavy atom. The topological polar surface area (TPSA) is 110 Å². The van der Waals surface area contributed by atoms with E-state index in [-0.39, 0.29) is 17.0 Å². The molecule has 2 aromatic heterocycles. The minimum Gasteiger partial charge on any atom is -0.387 e. The summed E-state index contributed by atoms with van der Waals surface area (Å²) in [5.41, 5.74) is 5.59. The number of nitrogens with two attached hydrogens (primary N) is 1. The van der Waals surface area contributed by atoms with Gasteiger partial charge in [-0.15, -0.1) is 0 Å². The predicted octanol–water partition coefficient (Wildman–Crippen LogP) is -0.122. The van der Waals surface area contributed by atoms with Gasteiger partial charge in [0.25, 0.3) is 0 Å². The molecule has 0 aliphatic heterocycles. The molecule has 0 radical (unpaired) electrons. The van der Waals surface area contributed by atoms with Crippen LogP contribution < -0.4 is 5.73 Å². The molecule has 0 bridgehead atoms. The van der Waals surface area contributed by atoms with Crippen molar-refractivity contribution in [1.29, 1.82) is 0 Å². The lowest BCUT2D eigenvalue weighted by Gasteiger charge is -2.18. The summed E-state index contributed by atoms with van der Waals surface area (Å²) in [6.45, 7) is -1.18. The van der Waals surface area contributed by atoms with Crippen molar-refractivity contribution in [2.75, 3.05) is 12.4 Å². The first-order chi connectivity index (χ1) is 9.56. The second kappa shape index (κ2) is 4.46. The number of fused-ring (bicyclic) bond motifs is 1. The Kier molecular flexibility index (Phi) is 2.87. The number of hydrogen-bond donors (Lipinski definition) is 3. The Morgan fingerprint density at radius 3 is 2.70 bits per heavy atom. The lowest BCUT2D eigenvalue weighted by molar-refractivity contribution is 0.0279. The van der Waals surface area contributed by atoms with E-state index in [1.165, 1.54) is 17.2 Å². The van der Waals surface area contributed by atoms with Gasteiger partial charge in [-0.1, -0.05) is 0 Å². The Labute approximate surface area is 111 Å². The van der Waals surface area contributed by atoms with E-state index in [1.807, 2.05) is 0 Å².